The van der Waals surface area contributed by atoms with Crippen molar-refractivity contribution in [3.05, 3.63) is 29.8 Å². The molecule has 17 heavy (non-hydrogen) atoms. The molecule has 1 atom stereocenters. The smallest absolute Gasteiger partial charge is 0.324 e. The molecule has 1 aromatic rings. The fourth-order valence-electron chi connectivity index (χ4n) is 1.28. The van der Waals surface area contributed by atoms with E-state index in [1.54, 1.807) is 7.05 Å². The SMILES string of the molecule is CCc1ccc(OC[C@H](NC)C(=O)O)cc1.Cl. The van der Waals surface area contributed by atoms with Gasteiger partial charge in [0, 0.05) is 0 Å². The molecule has 96 valence electrons. The van der Waals surface area contributed by atoms with Crippen molar-refractivity contribution in [2.45, 2.75) is 19.4 Å². The van der Waals surface area contributed by atoms with Gasteiger partial charge in [-0.15, -0.1) is 12.4 Å². The van der Waals surface area contributed by atoms with Crippen LogP contribution in [0.5, 0.6) is 5.75 Å². The van der Waals surface area contributed by atoms with Gasteiger partial charge < -0.3 is 15.2 Å². The minimum atomic E-state index is -0.910. The quantitative estimate of drug-likeness (QED) is 0.817. The predicted octanol–water partition coefficient (Wildman–Crippen LogP) is 1.72. The van der Waals surface area contributed by atoms with Crippen LogP contribution in [0.4, 0.5) is 0 Å². The average Bonchev–Trinajstić information content (AvgIpc) is 2.30. The minimum absolute atomic E-state index is 0. The topological polar surface area (TPSA) is 58.6 Å². The number of benzene rings is 1. The molecule has 0 unspecified atom stereocenters. The molecule has 0 radical (unpaired) electrons. The van der Waals surface area contributed by atoms with E-state index < -0.39 is 12.0 Å². The number of hydrogen-bond acceptors (Lipinski definition) is 3. The van der Waals surface area contributed by atoms with Gasteiger partial charge in [-0.3, -0.25) is 4.79 Å². The third-order valence-electron chi connectivity index (χ3n) is 2.39. The summed E-state index contributed by atoms with van der Waals surface area (Å²) < 4.78 is 5.38. The molecule has 5 heteroatoms. The maximum absolute atomic E-state index is 10.7. The van der Waals surface area contributed by atoms with Gasteiger partial charge in [-0.2, -0.15) is 0 Å². The molecule has 0 aliphatic carbocycles. The maximum Gasteiger partial charge on any atom is 0.324 e. The summed E-state index contributed by atoms with van der Waals surface area (Å²) in [4.78, 5) is 10.7. The summed E-state index contributed by atoms with van der Waals surface area (Å²) in [7, 11) is 1.60. The zero-order chi connectivity index (χ0) is 12.0. The van der Waals surface area contributed by atoms with Crippen LogP contribution in [-0.4, -0.2) is 30.8 Å². The van der Waals surface area contributed by atoms with Gasteiger partial charge in [-0.1, -0.05) is 19.1 Å². The lowest BCUT2D eigenvalue weighted by Gasteiger charge is -2.12. The van der Waals surface area contributed by atoms with Crippen LogP contribution in [-0.2, 0) is 11.2 Å². The Balaban J connectivity index is 0.00000256. The zero-order valence-corrected chi connectivity index (χ0v) is 10.8. The summed E-state index contributed by atoms with van der Waals surface area (Å²) in [5, 5.41) is 11.5. The van der Waals surface area contributed by atoms with Crippen molar-refractivity contribution >= 4 is 18.4 Å². The van der Waals surface area contributed by atoms with E-state index in [0.717, 1.165) is 6.42 Å². The summed E-state index contributed by atoms with van der Waals surface area (Å²) in [6.45, 7) is 2.20. The van der Waals surface area contributed by atoms with E-state index in [2.05, 4.69) is 12.2 Å². The first-order valence-corrected chi connectivity index (χ1v) is 5.29. The summed E-state index contributed by atoms with van der Waals surface area (Å²) in [6.07, 6.45) is 0.981. The number of halogens is 1. The Morgan fingerprint density at radius 3 is 2.41 bits per heavy atom. The van der Waals surface area contributed by atoms with Crippen LogP contribution in [0.1, 0.15) is 12.5 Å². The van der Waals surface area contributed by atoms with E-state index in [1.807, 2.05) is 24.3 Å². The molecule has 0 spiro atoms. The molecule has 0 aromatic heterocycles. The molecule has 0 aliphatic heterocycles. The van der Waals surface area contributed by atoms with E-state index in [9.17, 15) is 4.79 Å². The van der Waals surface area contributed by atoms with Crippen LogP contribution in [0.2, 0.25) is 0 Å². The second kappa shape index (κ2) is 7.92. The van der Waals surface area contributed by atoms with Gasteiger partial charge in [-0.05, 0) is 31.2 Å². The monoisotopic (exact) mass is 259 g/mol. The normalized spacial score (nSPS) is 11.4. The molecular formula is C12H18ClNO3. The van der Waals surface area contributed by atoms with E-state index >= 15 is 0 Å². The molecule has 0 amide bonds. The van der Waals surface area contributed by atoms with Gasteiger partial charge in [-0.25, -0.2) is 0 Å². The van der Waals surface area contributed by atoms with Crippen LogP contribution in [0.25, 0.3) is 0 Å². The van der Waals surface area contributed by atoms with Gasteiger partial charge in [0.15, 0.2) is 0 Å². The first-order valence-electron chi connectivity index (χ1n) is 5.29. The lowest BCUT2D eigenvalue weighted by atomic mass is 10.2. The summed E-state index contributed by atoms with van der Waals surface area (Å²) in [6, 6.07) is 6.99. The van der Waals surface area contributed by atoms with Crippen LogP contribution in [0.15, 0.2) is 24.3 Å². The zero-order valence-electron chi connectivity index (χ0n) is 9.97. The van der Waals surface area contributed by atoms with Crippen molar-refractivity contribution < 1.29 is 14.6 Å². The highest BCUT2D eigenvalue weighted by atomic mass is 35.5. The van der Waals surface area contributed by atoms with Crippen LogP contribution in [0, 0.1) is 0 Å². The second-order valence-corrected chi connectivity index (χ2v) is 3.49. The molecule has 2 N–H and O–H groups in total. The largest absolute Gasteiger partial charge is 0.491 e. The third-order valence-corrected chi connectivity index (χ3v) is 2.39. The molecule has 0 saturated carbocycles. The summed E-state index contributed by atoms with van der Waals surface area (Å²) in [5.41, 5.74) is 1.23. The highest BCUT2D eigenvalue weighted by Crippen LogP contribution is 2.12. The highest BCUT2D eigenvalue weighted by molar-refractivity contribution is 5.85. The summed E-state index contributed by atoms with van der Waals surface area (Å²) in [5.74, 6) is -0.216. The van der Waals surface area contributed by atoms with Crippen molar-refractivity contribution in [1.82, 2.24) is 5.32 Å². The Morgan fingerprint density at radius 1 is 1.41 bits per heavy atom. The Kier molecular flexibility index (Phi) is 7.34. The number of ether oxygens (including phenoxy) is 1. The van der Waals surface area contributed by atoms with Gasteiger partial charge in [0.2, 0.25) is 0 Å². The number of carboxylic acid groups (broad SMARTS) is 1. The van der Waals surface area contributed by atoms with E-state index in [1.165, 1.54) is 5.56 Å². The molecule has 0 aliphatic rings. The lowest BCUT2D eigenvalue weighted by Crippen LogP contribution is -2.39. The van der Waals surface area contributed by atoms with Crippen LogP contribution >= 0.6 is 12.4 Å². The number of carboxylic acids is 1. The van der Waals surface area contributed by atoms with Gasteiger partial charge in [0.1, 0.15) is 18.4 Å². The van der Waals surface area contributed by atoms with E-state index in [-0.39, 0.29) is 19.0 Å². The first-order chi connectivity index (χ1) is 7.67. The number of hydrogen-bond donors (Lipinski definition) is 2. The molecular weight excluding hydrogens is 242 g/mol. The predicted molar refractivity (Wildman–Crippen MR) is 69.0 cm³/mol. The van der Waals surface area contributed by atoms with Gasteiger partial charge in [0.05, 0.1) is 0 Å². The van der Waals surface area contributed by atoms with Crippen molar-refractivity contribution in [2.24, 2.45) is 0 Å². The molecule has 1 aromatic carbocycles. The Bertz CT molecular complexity index is 340. The highest BCUT2D eigenvalue weighted by Gasteiger charge is 2.15. The molecule has 1 rings (SSSR count). The number of carbonyl (C=O) groups is 1. The standard InChI is InChI=1S/C12H17NO3.ClH/c1-3-9-4-6-10(7-5-9)16-8-11(13-2)12(14)15;/h4-7,11,13H,3,8H2,1-2H3,(H,14,15);1H/t11-;/m0./s1. The van der Waals surface area contributed by atoms with Gasteiger partial charge in [0.25, 0.3) is 0 Å². The number of rotatable bonds is 6. The fourth-order valence-corrected chi connectivity index (χ4v) is 1.28. The fraction of sp³-hybridized carbons (Fsp3) is 0.417. The molecule has 4 nitrogen and oxygen atoms in total. The van der Waals surface area contributed by atoms with Crippen molar-refractivity contribution in [3.8, 4) is 5.75 Å². The molecule has 0 fully saturated rings. The van der Waals surface area contributed by atoms with Crippen LogP contribution in [0.3, 0.4) is 0 Å². The molecule has 0 saturated heterocycles. The second-order valence-electron chi connectivity index (χ2n) is 3.49. The van der Waals surface area contributed by atoms with Crippen molar-refractivity contribution in [1.29, 1.82) is 0 Å². The van der Waals surface area contributed by atoms with Crippen molar-refractivity contribution in [2.75, 3.05) is 13.7 Å². The number of aryl methyl sites for hydroxylation is 1. The lowest BCUT2D eigenvalue weighted by molar-refractivity contribution is -0.140. The molecule has 0 bridgehead atoms. The van der Waals surface area contributed by atoms with E-state index in [4.69, 9.17) is 9.84 Å². The number of nitrogens with one attached hydrogen (secondary N) is 1. The Morgan fingerprint density at radius 2 is 2.00 bits per heavy atom. The Hall–Kier alpha value is -1.26. The van der Waals surface area contributed by atoms with Gasteiger partial charge >= 0.3 is 5.97 Å². The average molecular weight is 260 g/mol. The van der Waals surface area contributed by atoms with E-state index in [0.29, 0.717) is 5.75 Å². The maximum atomic E-state index is 10.7. The number of likely N-dealkylation sites (N-methyl/N-ethyl adjacent to an activating group) is 1. The van der Waals surface area contributed by atoms with Crippen molar-refractivity contribution in [3.63, 3.8) is 0 Å². The minimum Gasteiger partial charge on any atom is -0.491 e. The third kappa shape index (κ3) is 5.06. The summed E-state index contributed by atoms with van der Waals surface area (Å²) >= 11 is 0. The Labute approximate surface area is 107 Å². The number of aliphatic carboxylic acids is 1. The molecule has 0 heterocycles. The first kappa shape index (κ1) is 15.7. The van der Waals surface area contributed by atoms with Crippen LogP contribution < -0.4 is 10.1 Å².